The highest BCUT2D eigenvalue weighted by atomic mass is 32.2. The molecule has 0 bridgehead atoms. The van der Waals surface area contributed by atoms with E-state index in [9.17, 15) is 13.5 Å². The Bertz CT molecular complexity index is 258. The Hall–Kier alpha value is -0.0900. The second-order valence-corrected chi connectivity index (χ2v) is 6.23. The molecule has 1 N–H and O–H groups in total. The summed E-state index contributed by atoms with van der Waals surface area (Å²) in [5.41, 5.74) is 0. The van der Waals surface area contributed by atoms with Crippen molar-refractivity contribution in [3.63, 3.8) is 0 Å². The van der Waals surface area contributed by atoms with Crippen LogP contribution in [0.5, 0.6) is 0 Å². The van der Waals surface area contributed by atoms with Crippen LogP contribution >= 0.6 is 0 Å². The smallest absolute Gasteiger partial charge is 0.150 e. The van der Waals surface area contributed by atoms with Gasteiger partial charge in [0.25, 0.3) is 0 Å². The molecule has 13 heavy (non-hydrogen) atoms. The molecule has 0 aromatic heterocycles. The predicted molar refractivity (Wildman–Crippen MR) is 52.2 cm³/mol. The quantitative estimate of drug-likeness (QED) is 0.744. The number of rotatable bonds is 3. The van der Waals surface area contributed by atoms with Gasteiger partial charge in [0.1, 0.15) is 0 Å². The van der Waals surface area contributed by atoms with Crippen molar-refractivity contribution in [1.29, 1.82) is 0 Å². The molecule has 3 unspecified atom stereocenters. The van der Waals surface area contributed by atoms with Crippen molar-refractivity contribution in [3.8, 4) is 0 Å². The molecule has 3 atom stereocenters. The molecule has 0 aliphatic carbocycles. The molecule has 1 fully saturated rings. The maximum absolute atomic E-state index is 11.2. The lowest BCUT2D eigenvalue weighted by Crippen LogP contribution is -2.25. The third-order valence-electron chi connectivity index (χ3n) is 3.04. The highest BCUT2D eigenvalue weighted by Crippen LogP contribution is 2.28. The highest BCUT2D eigenvalue weighted by molar-refractivity contribution is 7.91. The molecule has 0 saturated carbocycles. The monoisotopic (exact) mass is 206 g/mol. The summed E-state index contributed by atoms with van der Waals surface area (Å²) in [6.07, 6.45) is 1.08. The van der Waals surface area contributed by atoms with Crippen LogP contribution in [0.3, 0.4) is 0 Å². The van der Waals surface area contributed by atoms with Gasteiger partial charge in [-0.15, -0.1) is 0 Å². The first-order valence-electron chi connectivity index (χ1n) is 4.84. The van der Waals surface area contributed by atoms with Gasteiger partial charge in [0.15, 0.2) is 9.84 Å². The Labute approximate surface area is 80.1 Å². The largest absolute Gasteiger partial charge is 0.393 e. The third-order valence-corrected chi connectivity index (χ3v) is 4.83. The molecule has 1 aliphatic rings. The maximum atomic E-state index is 11.2. The fourth-order valence-corrected chi connectivity index (χ4v) is 3.88. The van der Waals surface area contributed by atoms with Crippen LogP contribution in [0.2, 0.25) is 0 Å². The van der Waals surface area contributed by atoms with Gasteiger partial charge in [-0.25, -0.2) is 8.42 Å². The van der Waals surface area contributed by atoms with E-state index in [1.54, 1.807) is 0 Å². The van der Waals surface area contributed by atoms with Crippen LogP contribution in [0.15, 0.2) is 0 Å². The lowest BCUT2D eigenvalue weighted by Gasteiger charge is -2.22. The number of hydrogen-bond acceptors (Lipinski definition) is 3. The van der Waals surface area contributed by atoms with Gasteiger partial charge >= 0.3 is 0 Å². The lowest BCUT2D eigenvalue weighted by atomic mass is 9.88. The summed E-state index contributed by atoms with van der Waals surface area (Å²) in [4.78, 5) is 0. The first-order valence-corrected chi connectivity index (χ1v) is 6.67. The Morgan fingerprint density at radius 3 is 2.54 bits per heavy atom. The molecular weight excluding hydrogens is 188 g/mol. The molecule has 0 aromatic carbocycles. The minimum Gasteiger partial charge on any atom is -0.393 e. The van der Waals surface area contributed by atoms with E-state index in [1.165, 1.54) is 0 Å². The fraction of sp³-hybridized carbons (Fsp3) is 1.00. The van der Waals surface area contributed by atoms with Gasteiger partial charge in [-0.3, -0.25) is 0 Å². The summed E-state index contributed by atoms with van der Waals surface area (Å²) in [6.45, 7) is 3.87. The SMILES string of the molecule is CCC(O)C(C)C1CCS(=O)(=O)C1. The second kappa shape index (κ2) is 3.96. The van der Waals surface area contributed by atoms with E-state index in [2.05, 4.69) is 0 Å². The molecule has 1 heterocycles. The summed E-state index contributed by atoms with van der Waals surface area (Å²) in [7, 11) is -2.79. The van der Waals surface area contributed by atoms with Crippen LogP contribution in [0.1, 0.15) is 26.7 Å². The zero-order valence-electron chi connectivity index (χ0n) is 8.23. The van der Waals surface area contributed by atoms with Crippen LogP contribution < -0.4 is 0 Å². The molecule has 78 valence electrons. The number of aliphatic hydroxyl groups excluding tert-OH is 1. The summed E-state index contributed by atoms with van der Waals surface area (Å²) >= 11 is 0. The normalized spacial score (nSPS) is 31.5. The maximum Gasteiger partial charge on any atom is 0.150 e. The van der Waals surface area contributed by atoms with Crippen molar-refractivity contribution in [3.05, 3.63) is 0 Å². The Balaban J connectivity index is 2.56. The lowest BCUT2D eigenvalue weighted by molar-refractivity contribution is 0.0855. The Morgan fingerprint density at radius 2 is 2.15 bits per heavy atom. The van der Waals surface area contributed by atoms with E-state index in [0.717, 1.165) is 6.42 Å². The van der Waals surface area contributed by atoms with Crippen LogP contribution in [-0.4, -0.2) is 31.1 Å². The van der Waals surface area contributed by atoms with Crippen LogP contribution in [-0.2, 0) is 9.84 Å². The minimum absolute atomic E-state index is 0.113. The fourth-order valence-electron chi connectivity index (χ4n) is 1.92. The van der Waals surface area contributed by atoms with E-state index in [-0.39, 0.29) is 23.7 Å². The average Bonchev–Trinajstić information content (AvgIpc) is 2.43. The standard InChI is InChI=1S/C9H18O3S/c1-3-9(10)7(2)8-4-5-13(11,12)6-8/h7-10H,3-6H2,1-2H3. The number of hydrogen-bond donors (Lipinski definition) is 1. The van der Waals surface area contributed by atoms with Crippen molar-refractivity contribution in [2.45, 2.75) is 32.8 Å². The number of aliphatic hydroxyl groups is 1. The van der Waals surface area contributed by atoms with E-state index in [1.807, 2.05) is 13.8 Å². The highest BCUT2D eigenvalue weighted by Gasteiger charge is 2.33. The second-order valence-electron chi connectivity index (χ2n) is 4.00. The molecule has 0 spiro atoms. The third kappa shape index (κ3) is 2.68. The van der Waals surface area contributed by atoms with Crippen molar-refractivity contribution in [2.75, 3.05) is 11.5 Å². The molecule has 0 radical (unpaired) electrons. The van der Waals surface area contributed by atoms with E-state index >= 15 is 0 Å². The summed E-state index contributed by atoms with van der Waals surface area (Å²) in [6, 6.07) is 0. The predicted octanol–water partition coefficient (Wildman–Crippen LogP) is 0.828. The van der Waals surface area contributed by atoms with Crippen molar-refractivity contribution in [2.24, 2.45) is 11.8 Å². The zero-order valence-corrected chi connectivity index (χ0v) is 9.05. The van der Waals surface area contributed by atoms with Gasteiger partial charge in [0, 0.05) is 0 Å². The summed E-state index contributed by atoms with van der Waals surface area (Å²) < 4.78 is 22.3. The molecule has 1 rings (SSSR count). The van der Waals surface area contributed by atoms with Crippen molar-refractivity contribution in [1.82, 2.24) is 0 Å². The zero-order chi connectivity index (χ0) is 10.1. The Kier molecular flexibility index (Phi) is 3.35. The van der Waals surface area contributed by atoms with Gasteiger partial charge in [-0.2, -0.15) is 0 Å². The van der Waals surface area contributed by atoms with Gasteiger partial charge in [0.05, 0.1) is 17.6 Å². The molecule has 1 saturated heterocycles. The average molecular weight is 206 g/mol. The summed E-state index contributed by atoms with van der Waals surface area (Å²) in [5.74, 6) is 0.853. The van der Waals surface area contributed by atoms with E-state index in [4.69, 9.17) is 0 Å². The van der Waals surface area contributed by atoms with Crippen molar-refractivity contribution < 1.29 is 13.5 Å². The van der Waals surface area contributed by atoms with E-state index in [0.29, 0.717) is 12.2 Å². The van der Waals surface area contributed by atoms with Crippen LogP contribution in [0, 0.1) is 11.8 Å². The van der Waals surface area contributed by atoms with Crippen molar-refractivity contribution >= 4 is 9.84 Å². The molecule has 0 aromatic rings. The number of sulfone groups is 1. The minimum atomic E-state index is -2.79. The van der Waals surface area contributed by atoms with Gasteiger partial charge in [0.2, 0.25) is 0 Å². The van der Waals surface area contributed by atoms with Gasteiger partial charge < -0.3 is 5.11 Å². The first-order chi connectivity index (χ1) is 5.96. The summed E-state index contributed by atoms with van der Waals surface area (Å²) in [5, 5.41) is 9.56. The first kappa shape index (κ1) is 11.0. The van der Waals surface area contributed by atoms with Gasteiger partial charge in [-0.05, 0) is 24.7 Å². The molecule has 4 heteroatoms. The topological polar surface area (TPSA) is 54.4 Å². The van der Waals surface area contributed by atoms with Crippen LogP contribution in [0.4, 0.5) is 0 Å². The molecular formula is C9H18O3S. The molecule has 0 amide bonds. The van der Waals surface area contributed by atoms with E-state index < -0.39 is 9.84 Å². The van der Waals surface area contributed by atoms with Gasteiger partial charge in [-0.1, -0.05) is 13.8 Å². The molecule has 3 nitrogen and oxygen atoms in total. The Morgan fingerprint density at radius 1 is 1.54 bits per heavy atom. The molecule has 1 aliphatic heterocycles. The van der Waals surface area contributed by atoms with Crippen LogP contribution in [0.25, 0.3) is 0 Å².